The lowest BCUT2D eigenvalue weighted by Crippen LogP contribution is -2.54. The standard InChI is InChI=1S/C11H18F2O2/c1-10(2,3)8(14)11(9(12)13)6-4-5-7-15-11/h9H,4-7H2,1-3H3. The molecule has 1 unspecified atom stereocenters. The lowest BCUT2D eigenvalue weighted by atomic mass is 9.77. The van der Waals surface area contributed by atoms with E-state index >= 15 is 0 Å². The number of Topliss-reactive ketones (excluding diaryl/α,β-unsaturated/α-hetero) is 1. The highest BCUT2D eigenvalue weighted by molar-refractivity contribution is 5.92. The molecule has 2 nitrogen and oxygen atoms in total. The summed E-state index contributed by atoms with van der Waals surface area (Å²) >= 11 is 0. The summed E-state index contributed by atoms with van der Waals surface area (Å²) in [4.78, 5) is 12.0. The second-order valence-corrected chi connectivity index (χ2v) is 5.07. The van der Waals surface area contributed by atoms with E-state index in [1.807, 2.05) is 0 Å². The normalized spacial score (nSPS) is 28.1. The molecule has 1 rings (SSSR count). The Hall–Kier alpha value is -0.510. The van der Waals surface area contributed by atoms with Crippen molar-refractivity contribution in [1.82, 2.24) is 0 Å². The maximum Gasteiger partial charge on any atom is 0.274 e. The van der Waals surface area contributed by atoms with Gasteiger partial charge in [0.05, 0.1) is 0 Å². The van der Waals surface area contributed by atoms with Gasteiger partial charge in [0.1, 0.15) is 0 Å². The lowest BCUT2D eigenvalue weighted by molar-refractivity contribution is -0.187. The van der Waals surface area contributed by atoms with E-state index in [0.717, 1.165) is 6.42 Å². The molecule has 0 amide bonds. The molecule has 1 aliphatic rings. The zero-order chi connectivity index (χ0) is 11.7. The molecule has 4 heteroatoms. The SMILES string of the molecule is CC(C)(C)C(=O)C1(C(F)F)CCCCO1. The average molecular weight is 220 g/mol. The van der Waals surface area contributed by atoms with Gasteiger partial charge in [-0.05, 0) is 19.3 Å². The van der Waals surface area contributed by atoms with Gasteiger partial charge in [-0.25, -0.2) is 8.78 Å². The maximum absolute atomic E-state index is 13.0. The van der Waals surface area contributed by atoms with Crippen LogP contribution in [0.3, 0.4) is 0 Å². The van der Waals surface area contributed by atoms with Crippen LogP contribution in [-0.4, -0.2) is 24.4 Å². The van der Waals surface area contributed by atoms with Crippen molar-refractivity contribution in [3.63, 3.8) is 0 Å². The van der Waals surface area contributed by atoms with Crippen LogP contribution in [0.5, 0.6) is 0 Å². The summed E-state index contributed by atoms with van der Waals surface area (Å²) < 4.78 is 31.1. The number of hydrogen-bond acceptors (Lipinski definition) is 2. The third-order valence-electron chi connectivity index (χ3n) is 2.72. The van der Waals surface area contributed by atoms with Crippen LogP contribution in [-0.2, 0) is 9.53 Å². The number of hydrogen-bond donors (Lipinski definition) is 0. The molecule has 1 fully saturated rings. The third-order valence-corrected chi connectivity index (χ3v) is 2.72. The molecular formula is C11H18F2O2. The largest absolute Gasteiger partial charge is 0.361 e. The van der Waals surface area contributed by atoms with Crippen LogP contribution in [0.2, 0.25) is 0 Å². The molecule has 0 aliphatic carbocycles. The van der Waals surface area contributed by atoms with E-state index in [-0.39, 0.29) is 13.0 Å². The van der Waals surface area contributed by atoms with Crippen molar-refractivity contribution in [3.8, 4) is 0 Å². The molecule has 0 saturated carbocycles. The van der Waals surface area contributed by atoms with Crippen LogP contribution in [0, 0.1) is 5.41 Å². The molecule has 88 valence electrons. The van der Waals surface area contributed by atoms with Gasteiger partial charge in [0.15, 0.2) is 11.4 Å². The molecule has 15 heavy (non-hydrogen) atoms. The molecule has 0 N–H and O–H groups in total. The van der Waals surface area contributed by atoms with E-state index in [1.54, 1.807) is 20.8 Å². The molecule has 0 aromatic rings. The quantitative estimate of drug-likeness (QED) is 0.715. The van der Waals surface area contributed by atoms with Crippen molar-refractivity contribution < 1.29 is 18.3 Å². The Morgan fingerprint density at radius 2 is 1.93 bits per heavy atom. The maximum atomic E-state index is 13.0. The van der Waals surface area contributed by atoms with Crippen molar-refractivity contribution in [3.05, 3.63) is 0 Å². The molecule has 0 aromatic carbocycles. The number of halogens is 2. The van der Waals surface area contributed by atoms with Gasteiger partial charge < -0.3 is 4.74 Å². The number of carbonyl (C=O) groups is 1. The summed E-state index contributed by atoms with van der Waals surface area (Å²) in [7, 11) is 0. The van der Waals surface area contributed by atoms with Crippen molar-refractivity contribution >= 4 is 5.78 Å². The number of ketones is 1. The number of ether oxygens (including phenoxy) is 1. The van der Waals surface area contributed by atoms with E-state index in [0.29, 0.717) is 6.42 Å². The fourth-order valence-electron chi connectivity index (χ4n) is 1.90. The van der Waals surface area contributed by atoms with Gasteiger partial charge in [-0.3, -0.25) is 4.79 Å². The van der Waals surface area contributed by atoms with E-state index in [1.165, 1.54) is 0 Å². The molecule has 0 spiro atoms. The zero-order valence-corrected chi connectivity index (χ0v) is 9.48. The van der Waals surface area contributed by atoms with Crippen molar-refractivity contribution in [1.29, 1.82) is 0 Å². The van der Waals surface area contributed by atoms with E-state index in [9.17, 15) is 13.6 Å². The summed E-state index contributed by atoms with van der Waals surface area (Å²) in [6.45, 7) is 5.21. The molecule has 1 atom stereocenters. The van der Waals surface area contributed by atoms with Gasteiger partial charge in [-0.15, -0.1) is 0 Å². The Morgan fingerprint density at radius 1 is 1.33 bits per heavy atom. The van der Waals surface area contributed by atoms with E-state index in [2.05, 4.69) is 0 Å². The first-order valence-corrected chi connectivity index (χ1v) is 5.28. The van der Waals surface area contributed by atoms with Gasteiger partial charge in [0, 0.05) is 12.0 Å². The van der Waals surface area contributed by atoms with E-state index < -0.39 is 23.2 Å². The van der Waals surface area contributed by atoms with Crippen LogP contribution in [0.25, 0.3) is 0 Å². The van der Waals surface area contributed by atoms with Gasteiger partial charge in [0.25, 0.3) is 6.43 Å². The molecule has 1 heterocycles. The highest BCUT2D eigenvalue weighted by atomic mass is 19.3. The van der Waals surface area contributed by atoms with E-state index in [4.69, 9.17) is 4.74 Å². The van der Waals surface area contributed by atoms with Gasteiger partial charge >= 0.3 is 0 Å². The Balaban J connectivity index is 2.95. The van der Waals surface area contributed by atoms with Crippen molar-refractivity contribution in [2.24, 2.45) is 5.41 Å². The monoisotopic (exact) mass is 220 g/mol. The predicted octanol–water partition coefficient (Wildman–Crippen LogP) is 2.81. The highest BCUT2D eigenvalue weighted by Gasteiger charge is 2.52. The van der Waals surface area contributed by atoms with Crippen molar-refractivity contribution in [2.45, 2.75) is 52.1 Å². The number of rotatable bonds is 2. The summed E-state index contributed by atoms with van der Waals surface area (Å²) in [5, 5.41) is 0. The zero-order valence-electron chi connectivity index (χ0n) is 9.48. The average Bonchev–Trinajstić information content (AvgIpc) is 2.16. The molecule has 0 bridgehead atoms. The Bertz CT molecular complexity index is 237. The first-order valence-electron chi connectivity index (χ1n) is 5.28. The van der Waals surface area contributed by atoms with Gasteiger partial charge in [0.2, 0.25) is 0 Å². The molecule has 1 saturated heterocycles. The summed E-state index contributed by atoms with van der Waals surface area (Å²) in [5.74, 6) is -0.482. The molecule has 0 radical (unpaired) electrons. The van der Waals surface area contributed by atoms with Crippen molar-refractivity contribution in [2.75, 3.05) is 6.61 Å². The summed E-state index contributed by atoms with van der Waals surface area (Å²) in [6.07, 6.45) is -1.21. The van der Waals surface area contributed by atoms with Gasteiger partial charge in [-0.2, -0.15) is 0 Å². The Morgan fingerprint density at radius 3 is 2.27 bits per heavy atom. The van der Waals surface area contributed by atoms with Crippen LogP contribution in [0.4, 0.5) is 8.78 Å². The topological polar surface area (TPSA) is 26.3 Å². The second-order valence-electron chi connectivity index (χ2n) is 5.07. The van der Waals surface area contributed by atoms with Gasteiger partial charge in [-0.1, -0.05) is 20.8 Å². The summed E-state index contributed by atoms with van der Waals surface area (Å²) in [5.41, 5.74) is -2.63. The fraction of sp³-hybridized carbons (Fsp3) is 0.909. The Labute approximate surface area is 89.0 Å². The van der Waals surface area contributed by atoms with Crippen LogP contribution >= 0.6 is 0 Å². The Kier molecular flexibility index (Phi) is 3.48. The number of carbonyl (C=O) groups excluding carboxylic acids is 1. The minimum atomic E-state index is -2.73. The minimum absolute atomic E-state index is 0.140. The highest BCUT2D eigenvalue weighted by Crippen LogP contribution is 2.37. The first-order chi connectivity index (χ1) is 6.81. The molecule has 1 aliphatic heterocycles. The molecule has 0 aromatic heterocycles. The lowest BCUT2D eigenvalue weighted by Gasteiger charge is -2.39. The van der Waals surface area contributed by atoms with Crippen LogP contribution in [0.1, 0.15) is 40.0 Å². The third kappa shape index (κ3) is 2.36. The molecular weight excluding hydrogens is 202 g/mol. The first kappa shape index (κ1) is 12.6. The fourth-order valence-corrected chi connectivity index (χ4v) is 1.90. The number of alkyl halides is 2. The van der Waals surface area contributed by atoms with Crippen LogP contribution < -0.4 is 0 Å². The second kappa shape index (κ2) is 4.16. The minimum Gasteiger partial charge on any atom is -0.361 e. The smallest absolute Gasteiger partial charge is 0.274 e. The predicted molar refractivity (Wildman–Crippen MR) is 53.0 cm³/mol. The van der Waals surface area contributed by atoms with Crippen LogP contribution in [0.15, 0.2) is 0 Å². The summed E-state index contributed by atoms with van der Waals surface area (Å²) in [6, 6.07) is 0.